The number of piperazine rings is 1. The van der Waals surface area contributed by atoms with E-state index in [4.69, 9.17) is 21.1 Å². The highest BCUT2D eigenvalue weighted by Gasteiger charge is 2.23. The van der Waals surface area contributed by atoms with E-state index >= 15 is 0 Å². The lowest BCUT2D eigenvalue weighted by Crippen LogP contribution is -3.13. The molecule has 0 spiro atoms. The summed E-state index contributed by atoms with van der Waals surface area (Å²) in [5.41, 5.74) is 3.93. The minimum absolute atomic E-state index is 0.568. The zero-order chi connectivity index (χ0) is 17.2. The van der Waals surface area contributed by atoms with Gasteiger partial charge in [0.05, 0.1) is 31.2 Å². The van der Waals surface area contributed by atoms with E-state index in [1.54, 1.807) is 4.90 Å². The molecule has 2 heterocycles. The van der Waals surface area contributed by atoms with Crippen LogP contribution in [-0.2, 0) is 6.54 Å². The molecule has 0 unspecified atom stereocenters. The average Bonchev–Trinajstić information content (AvgIpc) is 2.63. The van der Waals surface area contributed by atoms with Crippen molar-refractivity contribution in [3.63, 3.8) is 0 Å². The molecule has 1 fully saturated rings. The van der Waals surface area contributed by atoms with Crippen LogP contribution < -0.4 is 19.3 Å². The Bertz CT molecular complexity index is 757. The van der Waals surface area contributed by atoms with Gasteiger partial charge in [-0.2, -0.15) is 0 Å². The van der Waals surface area contributed by atoms with E-state index in [9.17, 15) is 0 Å². The Kier molecular flexibility index (Phi) is 4.73. The van der Waals surface area contributed by atoms with Gasteiger partial charge in [0.1, 0.15) is 19.8 Å². The number of fused-ring (bicyclic) bond motifs is 1. The van der Waals surface area contributed by atoms with Gasteiger partial charge in [-0.1, -0.05) is 29.8 Å². The maximum Gasteiger partial charge on any atom is 0.179 e. The average molecular weight is 360 g/mol. The number of hydrogen-bond acceptors (Lipinski definition) is 3. The molecule has 0 atom stereocenters. The number of halogens is 1. The van der Waals surface area contributed by atoms with Crippen molar-refractivity contribution in [3.05, 3.63) is 52.5 Å². The molecule has 0 amide bonds. The molecule has 2 aliphatic heterocycles. The van der Waals surface area contributed by atoms with Crippen molar-refractivity contribution < 1.29 is 14.4 Å². The minimum atomic E-state index is 0.568. The molecule has 1 N–H and O–H groups in total. The van der Waals surface area contributed by atoms with E-state index < -0.39 is 0 Å². The Morgan fingerprint density at radius 3 is 2.64 bits per heavy atom. The summed E-state index contributed by atoms with van der Waals surface area (Å²) in [7, 11) is 0. The molecule has 2 aromatic rings. The number of para-hydroxylation sites is 1. The van der Waals surface area contributed by atoms with E-state index in [-0.39, 0.29) is 0 Å². The van der Waals surface area contributed by atoms with Crippen molar-refractivity contribution in [1.82, 2.24) is 0 Å². The lowest BCUT2D eigenvalue weighted by Gasteiger charge is -2.34. The number of ether oxygens (including phenoxy) is 2. The molecular formula is C20H24ClN2O2+. The van der Waals surface area contributed by atoms with Crippen molar-refractivity contribution in [2.45, 2.75) is 13.5 Å². The summed E-state index contributed by atoms with van der Waals surface area (Å²) in [6.45, 7) is 8.73. The minimum Gasteiger partial charge on any atom is -0.486 e. The highest BCUT2D eigenvalue weighted by atomic mass is 35.5. The predicted molar refractivity (Wildman–Crippen MR) is 100 cm³/mol. The molecule has 0 radical (unpaired) electrons. The zero-order valence-corrected chi connectivity index (χ0v) is 15.3. The standard InChI is InChI=1S/C20H23ClN2O2/c1-15-4-2-3-5-18(15)23-8-6-22(7-9-23)14-16-12-17(21)20-19(13-16)24-10-11-25-20/h2-5,12-13H,6-11,14H2,1H3/p+1. The number of anilines is 1. The first-order valence-corrected chi connectivity index (χ1v) is 9.30. The lowest BCUT2D eigenvalue weighted by molar-refractivity contribution is -0.914. The van der Waals surface area contributed by atoms with Crippen LogP contribution in [0.4, 0.5) is 5.69 Å². The fourth-order valence-electron chi connectivity index (χ4n) is 3.71. The van der Waals surface area contributed by atoms with Gasteiger partial charge in [-0.05, 0) is 30.7 Å². The van der Waals surface area contributed by atoms with E-state index in [1.165, 1.54) is 16.8 Å². The van der Waals surface area contributed by atoms with Crippen LogP contribution in [0.15, 0.2) is 36.4 Å². The lowest BCUT2D eigenvalue weighted by atomic mass is 10.1. The van der Waals surface area contributed by atoms with E-state index in [0.29, 0.717) is 24.0 Å². The molecule has 0 bridgehead atoms. The van der Waals surface area contributed by atoms with Gasteiger partial charge in [0, 0.05) is 11.3 Å². The number of quaternary nitrogens is 1. The highest BCUT2D eigenvalue weighted by molar-refractivity contribution is 6.32. The number of hydrogen-bond donors (Lipinski definition) is 1. The molecule has 4 nitrogen and oxygen atoms in total. The third-order valence-corrected chi connectivity index (χ3v) is 5.32. The second kappa shape index (κ2) is 7.14. The Morgan fingerprint density at radius 2 is 1.84 bits per heavy atom. The molecule has 2 aliphatic rings. The highest BCUT2D eigenvalue weighted by Crippen LogP contribution is 2.38. The first-order valence-electron chi connectivity index (χ1n) is 8.93. The van der Waals surface area contributed by atoms with Gasteiger partial charge in [-0.15, -0.1) is 0 Å². The fraction of sp³-hybridized carbons (Fsp3) is 0.400. The summed E-state index contributed by atoms with van der Waals surface area (Å²) in [5, 5.41) is 0.658. The maximum atomic E-state index is 6.36. The summed E-state index contributed by atoms with van der Waals surface area (Å²) >= 11 is 6.36. The molecule has 132 valence electrons. The second-order valence-corrected chi connectivity index (χ2v) is 7.21. The van der Waals surface area contributed by atoms with Gasteiger partial charge in [-0.3, -0.25) is 0 Å². The molecular weight excluding hydrogens is 336 g/mol. The Morgan fingerprint density at radius 1 is 1.08 bits per heavy atom. The van der Waals surface area contributed by atoms with Crippen LogP contribution in [0.3, 0.4) is 0 Å². The van der Waals surface area contributed by atoms with E-state index in [1.807, 2.05) is 6.07 Å². The van der Waals surface area contributed by atoms with Gasteiger partial charge in [0.2, 0.25) is 0 Å². The largest absolute Gasteiger partial charge is 0.486 e. The first-order chi connectivity index (χ1) is 12.2. The van der Waals surface area contributed by atoms with Gasteiger partial charge < -0.3 is 19.3 Å². The molecule has 0 aliphatic carbocycles. The molecule has 5 heteroatoms. The molecule has 2 aromatic carbocycles. The quantitative estimate of drug-likeness (QED) is 0.911. The van der Waals surface area contributed by atoms with E-state index in [0.717, 1.165) is 38.5 Å². The Hall–Kier alpha value is -1.91. The number of aryl methyl sites for hydroxylation is 1. The zero-order valence-electron chi connectivity index (χ0n) is 14.6. The summed E-state index contributed by atoms with van der Waals surface area (Å²) in [4.78, 5) is 4.08. The maximum absolute atomic E-state index is 6.36. The SMILES string of the molecule is Cc1ccccc1N1CC[NH+](Cc2cc(Cl)c3c(c2)OCCO3)CC1. The third kappa shape index (κ3) is 3.55. The van der Waals surface area contributed by atoms with Gasteiger partial charge >= 0.3 is 0 Å². The number of benzene rings is 2. The van der Waals surface area contributed by atoms with Crippen LogP contribution in [0.2, 0.25) is 5.02 Å². The van der Waals surface area contributed by atoms with Crippen molar-refractivity contribution in [2.75, 3.05) is 44.3 Å². The number of nitrogens with one attached hydrogen (secondary N) is 1. The second-order valence-electron chi connectivity index (χ2n) is 6.80. The van der Waals surface area contributed by atoms with Gasteiger partial charge in [-0.25, -0.2) is 0 Å². The summed E-state index contributed by atoms with van der Waals surface area (Å²) < 4.78 is 11.3. The molecule has 0 saturated carbocycles. The Labute approximate surface area is 153 Å². The first kappa shape index (κ1) is 16.6. The van der Waals surface area contributed by atoms with Crippen LogP contribution in [0.5, 0.6) is 11.5 Å². The van der Waals surface area contributed by atoms with Crippen molar-refractivity contribution in [3.8, 4) is 11.5 Å². The Balaban J connectivity index is 1.41. The summed E-state index contributed by atoms with van der Waals surface area (Å²) in [5.74, 6) is 1.47. The molecule has 0 aromatic heterocycles. The third-order valence-electron chi connectivity index (χ3n) is 5.04. The van der Waals surface area contributed by atoms with Crippen LogP contribution in [-0.4, -0.2) is 39.4 Å². The molecule has 1 saturated heterocycles. The number of rotatable bonds is 3. The topological polar surface area (TPSA) is 26.1 Å². The van der Waals surface area contributed by atoms with Crippen LogP contribution >= 0.6 is 11.6 Å². The fourth-order valence-corrected chi connectivity index (χ4v) is 4.00. The van der Waals surface area contributed by atoms with Crippen molar-refractivity contribution in [2.24, 2.45) is 0 Å². The van der Waals surface area contributed by atoms with E-state index in [2.05, 4.69) is 42.2 Å². The van der Waals surface area contributed by atoms with Crippen LogP contribution in [0, 0.1) is 6.92 Å². The summed E-state index contributed by atoms with van der Waals surface area (Å²) in [6.07, 6.45) is 0. The van der Waals surface area contributed by atoms with Crippen molar-refractivity contribution in [1.29, 1.82) is 0 Å². The molecule has 4 rings (SSSR count). The van der Waals surface area contributed by atoms with Gasteiger partial charge in [0.25, 0.3) is 0 Å². The van der Waals surface area contributed by atoms with Crippen LogP contribution in [0.1, 0.15) is 11.1 Å². The van der Waals surface area contributed by atoms with Crippen molar-refractivity contribution >= 4 is 17.3 Å². The van der Waals surface area contributed by atoms with Crippen LogP contribution in [0.25, 0.3) is 0 Å². The summed E-state index contributed by atoms with van der Waals surface area (Å²) in [6, 6.07) is 12.7. The molecule has 25 heavy (non-hydrogen) atoms. The monoisotopic (exact) mass is 359 g/mol. The van der Waals surface area contributed by atoms with Gasteiger partial charge in [0.15, 0.2) is 11.5 Å². The predicted octanol–water partition coefficient (Wildman–Crippen LogP) is 2.32. The smallest absolute Gasteiger partial charge is 0.179 e. The number of nitrogens with zero attached hydrogens (tertiary/aromatic N) is 1. The normalized spacial score (nSPS) is 17.6.